The minimum absolute atomic E-state index is 0.0510. The lowest BCUT2D eigenvalue weighted by Gasteiger charge is -2.15. The third-order valence-electron chi connectivity index (χ3n) is 4.38. The third-order valence-corrected chi connectivity index (χ3v) is 5.48. The van der Waals surface area contributed by atoms with Crippen LogP contribution in [0.25, 0.3) is 11.3 Å². The van der Waals surface area contributed by atoms with E-state index in [1.807, 2.05) is 48.7 Å². The predicted molar refractivity (Wildman–Crippen MR) is 117 cm³/mol. The van der Waals surface area contributed by atoms with Gasteiger partial charge in [-0.1, -0.05) is 29.8 Å². The Balaban J connectivity index is 1.61. The lowest BCUT2D eigenvalue weighted by Crippen LogP contribution is -2.30. The maximum atomic E-state index is 12.3. The monoisotopic (exact) mass is 431 g/mol. The van der Waals surface area contributed by atoms with E-state index in [0.29, 0.717) is 21.7 Å². The van der Waals surface area contributed by atoms with Gasteiger partial charge in [0.25, 0.3) is 0 Å². The molecule has 0 bridgehead atoms. The molecule has 0 aliphatic heterocycles. The van der Waals surface area contributed by atoms with Crippen molar-refractivity contribution in [1.82, 2.24) is 10.3 Å². The number of amides is 1. The largest absolute Gasteiger partial charge is 0.497 e. The van der Waals surface area contributed by atoms with Crippen molar-refractivity contribution in [2.75, 3.05) is 26.1 Å². The molecule has 2 N–H and O–H groups in total. The van der Waals surface area contributed by atoms with Crippen LogP contribution in [-0.4, -0.2) is 31.7 Å². The highest BCUT2D eigenvalue weighted by Gasteiger charge is 2.14. The number of halogens is 1. The zero-order valence-corrected chi connectivity index (χ0v) is 17.9. The van der Waals surface area contributed by atoms with Crippen molar-refractivity contribution in [3.8, 4) is 22.8 Å². The highest BCUT2D eigenvalue weighted by molar-refractivity contribution is 7.14. The van der Waals surface area contributed by atoms with Gasteiger partial charge in [0.15, 0.2) is 5.13 Å². The molecule has 3 rings (SSSR count). The molecule has 152 valence electrons. The first-order valence-electron chi connectivity index (χ1n) is 8.97. The lowest BCUT2D eigenvalue weighted by molar-refractivity contribution is -0.115. The normalized spacial score (nSPS) is 11.7. The van der Waals surface area contributed by atoms with Crippen molar-refractivity contribution in [2.24, 2.45) is 0 Å². The van der Waals surface area contributed by atoms with Crippen molar-refractivity contribution >= 4 is 34.0 Å². The summed E-state index contributed by atoms with van der Waals surface area (Å²) in [6.45, 7) is 2.11. The summed E-state index contributed by atoms with van der Waals surface area (Å²) in [4.78, 5) is 16.8. The fraction of sp³-hybridized carbons (Fsp3) is 0.238. The fourth-order valence-electron chi connectivity index (χ4n) is 2.81. The van der Waals surface area contributed by atoms with Crippen LogP contribution in [0.15, 0.2) is 47.8 Å². The van der Waals surface area contributed by atoms with Gasteiger partial charge >= 0.3 is 0 Å². The molecule has 1 heterocycles. The van der Waals surface area contributed by atoms with Crippen molar-refractivity contribution in [1.29, 1.82) is 0 Å². The van der Waals surface area contributed by atoms with E-state index in [1.54, 1.807) is 20.3 Å². The quantitative estimate of drug-likeness (QED) is 0.537. The summed E-state index contributed by atoms with van der Waals surface area (Å²) in [5.41, 5.74) is 2.50. The Morgan fingerprint density at radius 3 is 2.72 bits per heavy atom. The van der Waals surface area contributed by atoms with E-state index in [0.717, 1.165) is 16.8 Å². The minimum Gasteiger partial charge on any atom is -0.497 e. The van der Waals surface area contributed by atoms with E-state index >= 15 is 0 Å². The molecular weight excluding hydrogens is 410 g/mol. The van der Waals surface area contributed by atoms with Crippen LogP contribution in [0, 0.1) is 0 Å². The molecule has 0 aliphatic carbocycles. The van der Waals surface area contributed by atoms with E-state index in [9.17, 15) is 4.79 Å². The van der Waals surface area contributed by atoms with Crippen LogP contribution in [0.3, 0.4) is 0 Å². The number of carbonyl (C=O) groups is 1. The summed E-state index contributed by atoms with van der Waals surface area (Å²) in [6, 6.07) is 13.0. The zero-order valence-electron chi connectivity index (χ0n) is 16.4. The smallest absolute Gasteiger partial charge is 0.240 e. The van der Waals surface area contributed by atoms with Gasteiger partial charge in [-0.15, -0.1) is 11.3 Å². The van der Waals surface area contributed by atoms with Crippen LogP contribution in [-0.2, 0) is 4.79 Å². The average Bonchev–Trinajstić information content (AvgIpc) is 3.19. The lowest BCUT2D eigenvalue weighted by atomic mass is 10.1. The molecule has 6 nitrogen and oxygen atoms in total. The molecule has 3 aromatic rings. The Morgan fingerprint density at radius 2 is 2.00 bits per heavy atom. The maximum absolute atomic E-state index is 12.3. The number of hydrogen-bond acceptors (Lipinski definition) is 6. The second-order valence-corrected chi connectivity index (χ2v) is 7.54. The second-order valence-electron chi connectivity index (χ2n) is 6.28. The minimum atomic E-state index is -0.175. The Bertz CT molecular complexity index is 993. The van der Waals surface area contributed by atoms with Gasteiger partial charge in [-0.05, 0) is 30.7 Å². The molecule has 0 fully saturated rings. The zero-order chi connectivity index (χ0) is 20.8. The van der Waals surface area contributed by atoms with Gasteiger partial charge in [0.05, 0.1) is 26.5 Å². The highest BCUT2D eigenvalue weighted by atomic mass is 35.5. The van der Waals surface area contributed by atoms with Crippen LogP contribution in [0.2, 0.25) is 5.02 Å². The molecule has 1 amide bonds. The summed E-state index contributed by atoms with van der Waals surface area (Å²) in [7, 11) is 3.20. The third kappa shape index (κ3) is 5.26. The Labute approximate surface area is 178 Å². The number of anilines is 1. The number of methoxy groups -OCH3 is 2. The number of benzene rings is 2. The van der Waals surface area contributed by atoms with Gasteiger partial charge < -0.3 is 20.1 Å². The van der Waals surface area contributed by atoms with Crippen LogP contribution in [0.5, 0.6) is 11.5 Å². The maximum Gasteiger partial charge on any atom is 0.240 e. The van der Waals surface area contributed by atoms with Gasteiger partial charge in [0, 0.05) is 28.1 Å². The van der Waals surface area contributed by atoms with E-state index in [-0.39, 0.29) is 18.5 Å². The van der Waals surface area contributed by atoms with E-state index in [4.69, 9.17) is 21.1 Å². The van der Waals surface area contributed by atoms with Crippen LogP contribution < -0.4 is 20.1 Å². The number of rotatable bonds is 8. The summed E-state index contributed by atoms with van der Waals surface area (Å²) in [5, 5.41) is 9.07. The first-order valence-corrected chi connectivity index (χ1v) is 10.2. The molecule has 0 unspecified atom stereocenters. The van der Waals surface area contributed by atoms with Crippen molar-refractivity contribution in [2.45, 2.75) is 13.0 Å². The van der Waals surface area contributed by atoms with E-state index < -0.39 is 0 Å². The first kappa shape index (κ1) is 21.1. The Kier molecular flexibility index (Phi) is 7.09. The molecule has 0 radical (unpaired) electrons. The molecule has 0 saturated heterocycles. The number of nitrogens with zero attached hydrogens (tertiary/aromatic N) is 1. The first-order chi connectivity index (χ1) is 14.0. The number of nitrogens with one attached hydrogen (secondary N) is 2. The van der Waals surface area contributed by atoms with Crippen LogP contribution in [0.1, 0.15) is 18.5 Å². The van der Waals surface area contributed by atoms with Gasteiger partial charge in [0.2, 0.25) is 5.91 Å². The van der Waals surface area contributed by atoms with Gasteiger partial charge in [0.1, 0.15) is 11.5 Å². The molecule has 29 heavy (non-hydrogen) atoms. The topological polar surface area (TPSA) is 72.5 Å². The highest BCUT2D eigenvalue weighted by Crippen LogP contribution is 2.34. The standard InChI is InChI=1S/C21H22ClN3O3S/c1-13(15-6-4-5-7-17(15)22)23-11-20(26)25-21-24-18(12-29-21)16-9-8-14(27-2)10-19(16)28-3/h4-10,12-13,23H,11H2,1-3H3,(H,24,25,26)/t13-/m1/s1. The SMILES string of the molecule is COc1ccc(-c2csc(NC(=O)CN[C@H](C)c3ccccc3Cl)n2)c(OC)c1. The molecule has 1 aromatic heterocycles. The number of thiazole rings is 1. The second kappa shape index (κ2) is 9.73. The average molecular weight is 432 g/mol. The Hall–Kier alpha value is -2.61. The van der Waals surface area contributed by atoms with Crippen molar-refractivity contribution < 1.29 is 14.3 Å². The van der Waals surface area contributed by atoms with Gasteiger partial charge in [-0.25, -0.2) is 4.98 Å². The van der Waals surface area contributed by atoms with Crippen molar-refractivity contribution in [3.63, 3.8) is 0 Å². The molecule has 2 aromatic carbocycles. The van der Waals surface area contributed by atoms with Gasteiger partial charge in [-0.3, -0.25) is 4.79 Å². The van der Waals surface area contributed by atoms with Crippen molar-refractivity contribution in [3.05, 3.63) is 58.4 Å². The number of carbonyl (C=O) groups excluding carboxylic acids is 1. The molecule has 0 aliphatic rings. The number of hydrogen-bond donors (Lipinski definition) is 2. The Morgan fingerprint density at radius 1 is 1.21 bits per heavy atom. The van der Waals surface area contributed by atoms with Crippen LogP contribution >= 0.6 is 22.9 Å². The predicted octanol–water partition coefficient (Wildman–Crippen LogP) is 4.77. The summed E-state index contributed by atoms with van der Waals surface area (Å²) >= 11 is 7.56. The summed E-state index contributed by atoms with van der Waals surface area (Å²) in [5.74, 6) is 1.18. The fourth-order valence-corrected chi connectivity index (χ4v) is 3.84. The molecule has 0 saturated carbocycles. The molecule has 8 heteroatoms. The van der Waals surface area contributed by atoms with E-state index in [2.05, 4.69) is 15.6 Å². The summed E-state index contributed by atoms with van der Waals surface area (Å²) < 4.78 is 10.6. The summed E-state index contributed by atoms with van der Waals surface area (Å²) in [6.07, 6.45) is 0. The number of aromatic nitrogens is 1. The van der Waals surface area contributed by atoms with E-state index in [1.165, 1.54) is 11.3 Å². The molecule has 1 atom stereocenters. The van der Waals surface area contributed by atoms with Gasteiger partial charge in [-0.2, -0.15) is 0 Å². The number of ether oxygens (including phenoxy) is 2. The molecule has 0 spiro atoms. The van der Waals surface area contributed by atoms with Crippen LogP contribution in [0.4, 0.5) is 5.13 Å². The molecular formula is C21H22ClN3O3S.